The molecule has 0 saturated heterocycles. The molecule has 0 aromatic rings. The summed E-state index contributed by atoms with van der Waals surface area (Å²) in [6.07, 6.45) is 1.45. The Balaban J connectivity index is 4.56. The molecule has 0 aromatic carbocycles. The van der Waals surface area contributed by atoms with E-state index in [9.17, 15) is 13.2 Å². The Labute approximate surface area is 108 Å². The van der Waals surface area contributed by atoms with Crippen molar-refractivity contribution in [1.29, 1.82) is 0 Å². The standard InChI is InChI=1S/C10H19ClN2O3S/c1-7(2)5-9(13-17(4,15)16)10(14)12-6-8(3)11/h7,9,13H,3,5-6H2,1-2,4H3,(H,12,14). The van der Waals surface area contributed by atoms with Crippen molar-refractivity contribution in [2.24, 2.45) is 5.92 Å². The van der Waals surface area contributed by atoms with Gasteiger partial charge in [0.05, 0.1) is 12.8 Å². The molecule has 1 atom stereocenters. The number of sulfonamides is 1. The van der Waals surface area contributed by atoms with Gasteiger partial charge in [0.15, 0.2) is 0 Å². The van der Waals surface area contributed by atoms with E-state index < -0.39 is 22.0 Å². The SMILES string of the molecule is C=C(Cl)CNC(=O)C(CC(C)C)NS(C)(=O)=O. The molecule has 0 aliphatic heterocycles. The van der Waals surface area contributed by atoms with E-state index in [1.165, 1.54) is 0 Å². The zero-order valence-corrected chi connectivity index (χ0v) is 11.9. The summed E-state index contributed by atoms with van der Waals surface area (Å²) in [6, 6.07) is -0.777. The van der Waals surface area contributed by atoms with Crippen molar-refractivity contribution in [2.45, 2.75) is 26.3 Å². The highest BCUT2D eigenvalue weighted by molar-refractivity contribution is 7.88. The van der Waals surface area contributed by atoms with Crippen molar-refractivity contribution in [2.75, 3.05) is 12.8 Å². The molecule has 0 rings (SSSR count). The van der Waals surface area contributed by atoms with E-state index in [0.717, 1.165) is 6.26 Å². The smallest absolute Gasteiger partial charge is 0.238 e. The molecule has 0 radical (unpaired) electrons. The maximum absolute atomic E-state index is 11.7. The summed E-state index contributed by atoms with van der Waals surface area (Å²) >= 11 is 5.52. The molecular formula is C10H19ClN2O3S. The maximum atomic E-state index is 11.7. The lowest BCUT2D eigenvalue weighted by atomic mass is 10.0. The second-order valence-electron chi connectivity index (χ2n) is 4.31. The molecule has 0 aromatic heterocycles. The van der Waals surface area contributed by atoms with Crippen LogP contribution in [0.2, 0.25) is 0 Å². The molecule has 0 spiro atoms. The van der Waals surface area contributed by atoms with Gasteiger partial charge in [-0.05, 0) is 12.3 Å². The van der Waals surface area contributed by atoms with E-state index in [0.29, 0.717) is 11.5 Å². The molecule has 0 bridgehead atoms. The van der Waals surface area contributed by atoms with Crippen LogP contribution in [0.1, 0.15) is 20.3 Å². The molecule has 0 saturated carbocycles. The Morgan fingerprint density at radius 3 is 2.29 bits per heavy atom. The minimum absolute atomic E-state index is 0.125. The van der Waals surface area contributed by atoms with Crippen molar-refractivity contribution in [3.8, 4) is 0 Å². The van der Waals surface area contributed by atoms with Crippen molar-refractivity contribution < 1.29 is 13.2 Å². The van der Waals surface area contributed by atoms with Gasteiger partial charge in [0, 0.05) is 5.03 Å². The molecule has 0 heterocycles. The van der Waals surface area contributed by atoms with Crippen molar-refractivity contribution >= 4 is 27.5 Å². The number of halogens is 1. The summed E-state index contributed by atoms with van der Waals surface area (Å²) < 4.78 is 24.6. The lowest BCUT2D eigenvalue weighted by molar-refractivity contribution is -0.122. The van der Waals surface area contributed by atoms with E-state index in [4.69, 9.17) is 11.6 Å². The molecule has 0 fully saturated rings. The lowest BCUT2D eigenvalue weighted by Crippen LogP contribution is -2.47. The molecule has 0 aliphatic carbocycles. The summed E-state index contributed by atoms with van der Waals surface area (Å²) in [5, 5.41) is 2.81. The summed E-state index contributed by atoms with van der Waals surface area (Å²) in [6.45, 7) is 7.37. The van der Waals surface area contributed by atoms with Gasteiger partial charge in [-0.15, -0.1) is 0 Å². The Morgan fingerprint density at radius 2 is 1.94 bits per heavy atom. The lowest BCUT2D eigenvalue weighted by Gasteiger charge is -2.18. The highest BCUT2D eigenvalue weighted by Crippen LogP contribution is 2.06. The van der Waals surface area contributed by atoms with Crippen LogP contribution >= 0.6 is 11.6 Å². The van der Waals surface area contributed by atoms with Gasteiger partial charge in [-0.3, -0.25) is 4.79 Å². The molecule has 100 valence electrons. The summed E-state index contributed by atoms with van der Waals surface area (Å²) in [5.74, 6) is -0.204. The topological polar surface area (TPSA) is 75.3 Å². The van der Waals surface area contributed by atoms with E-state index in [2.05, 4.69) is 16.6 Å². The molecule has 7 heteroatoms. The van der Waals surface area contributed by atoms with Crippen LogP contribution in [0.3, 0.4) is 0 Å². The number of nitrogens with one attached hydrogen (secondary N) is 2. The Morgan fingerprint density at radius 1 is 1.41 bits per heavy atom. The first-order chi connectivity index (χ1) is 7.61. The van der Waals surface area contributed by atoms with Gasteiger partial charge < -0.3 is 5.32 Å². The normalized spacial score (nSPS) is 13.5. The first-order valence-electron chi connectivity index (χ1n) is 5.20. The van der Waals surface area contributed by atoms with Gasteiger partial charge in [0.25, 0.3) is 0 Å². The fourth-order valence-corrected chi connectivity index (χ4v) is 2.03. The monoisotopic (exact) mass is 282 g/mol. The minimum atomic E-state index is -3.42. The second kappa shape index (κ2) is 6.98. The van der Waals surface area contributed by atoms with Crippen LogP contribution in [0.4, 0.5) is 0 Å². The number of amides is 1. The third kappa shape index (κ3) is 9.14. The first kappa shape index (κ1) is 16.4. The predicted molar refractivity (Wildman–Crippen MR) is 69.2 cm³/mol. The average molecular weight is 283 g/mol. The van der Waals surface area contributed by atoms with Crippen LogP contribution in [0, 0.1) is 5.92 Å². The molecule has 0 aliphatic rings. The number of hydrogen-bond donors (Lipinski definition) is 2. The van der Waals surface area contributed by atoms with Crippen LogP contribution < -0.4 is 10.0 Å². The van der Waals surface area contributed by atoms with Crippen molar-refractivity contribution in [3.05, 3.63) is 11.6 Å². The van der Waals surface area contributed by atoms with Gasteiger partial charge in [0.2, 0.25) is 15.9 Å². The van der Waals surface area contributed by atoms with Crippen LogP contribution in [-0.2, 0) is 14.8 Å². The van der Waals surface area contributed by atoms with Gasteiger partial charge >= 0.3 is 0 Å². The van der Waals surface area contributed by atoms with Crippen molar-refractivity contribution in [3.63, 3.8) is 0 Å². The van der Waals surface area contributed by atoms with Gasteiger partial charge in [-0.2, -0.15) is 0 Å². The van der Waals surface area contributed by atoms with Crippen molar-refractivity contribution in [1.82, 2.24) is 10.0 Å². The third-order valence-corrected chi connectivity index (χ3v) is 2.68. The summed E-state index contributed by atoms with van der Waals surface area (Å²) in [4.78, 5) is 11.7. The Bertz CT molecular complexity index is 379. The van der Waals surface area contributed by atoms with Gasteiger partial charge in [-0.25, -0.2) is 13.1 Å². The number of carbonyl (C=O) groups excluding carboxylic acids is 1. The van der Waals surface area contributed by atoms with Crippen LogP contribution in [0.25, 0.3) is 0 Å². The van der Waals surface area contributed by atoms with Crippen LogP contribution in [-0.4, -0.2) is 33.2 Å². The molecular weight excluding hydrogens is 264 g/mol. The van der Waals surface area contributed by atoms with E-state index in [1.807, 2.05) is 13.8 Å². The van der Waals surface area contributed by atoms with Crippen LogP contribution in [0.5, 0.6) is 0 Å². The van der Waals surface area contributed by atoms with E-state index >= 15 is 0 Å². The predicted octanol–water partition coefficient (Wildman–Crippen LogP) is 0.819. The molecule has 2 N–H and O–H groups in total. The molecule has 5 nitrogen and oxygen atoms in total. The fraction of sp³-hybridized carbons (Fsp3) is 0.700. The highest BCUT2D eigenvalue weighted by atomic mass is 35.5. The maximum Gasteiger partial charge on any atom is 0.238 e. The zero-order valence-electron chi connectivity index (χ0n) is 10.3. The van der Waals surface area contributed by atoms with E-state index in [1.54, 1.807) is 0 Å². The molecule has 1 unspecified atom stereocenters. The summed E-state index contributed by atoms with van der Waals surface area (Å²) in [7, 11) is -3.42. The minimum Gasteiger partial charge on any atom is -0.350 e. The largest absolute Gasteiger partial charge is 0.350 e. The number of carbonyl (C=O) groups is 1. The third-order valence-electron chi connectivity index (χ3n) is 1.83. The number of rotatable bonds is 7. The highest BCUT2D eigenvalue weighted by Gasteiger charge is 2.22. The van der Waals surface area contributed by atoms with Gasteiger partial charge in [-0.1, -0.05) is 32.0 Å². The van der Waals surface area contributed by atoms with E-state index in [-0.39, 0.29) is 12.5 Å². The molecule has 1 amide bonds. The zero-order chi connectivity index (χ0) is 13.6. The fourth-order valence-electron chi connectivity index (χ4n) is 1.24. The second-order valence-corrected chi connectivity index (χ2v) is 6.62. The summed E-state index contributed by atoms with van der Waals surface area (Å²) in [5.41, 5.74) is 0. The Kier molecular flexibility index (Phi) is 6.74. The van der Waals surface area contributed by atoms with Gasteiger partial charge in [0.1, 0.15) is 6.04 Å². The average Bonchev–Trinajstić information content (AvgIpc) is 2.09. The molecule has 17 heavy (non-hydrogen) atoms. The quantitative estimate of drug-likeness (QED) is 0.726. The Hall–Kier alpha value is -0.590. The first-order valence-corrected chi connectivity index (χ1v) is 7.47. The van der Waals surface area contributed by atoms with Crippen LogP contribution in [0.15, 0.2) is 11.6 Å². The number of hydrogen-bond acceptors (Lipinski definition) is 3.